The lowest BCUT2D eigenvalue weighted by molar-refractivity contribution is 0.545. The standard InChI is InChI=1S/C13H18N4/c1-14-13(8-11-4-3-6-15-10-11)9-12-5-7-17(2)16-12/h3-7,10,13-14H,8-9H2,1-2H3. The number of pyridine rings is 1. The summed E-state index contributed by atoms with van der Waals surface area (Å²) >= 11 is 0. The van der Waals surface area contributed by atoms with Gasteiger partial charge in [-0.25, -0.2) is 0 Å². The zero-order valence-electron chi connectivity index (χ0n) is 10.3. The molecule has 0 radical (unpaired) electrons. The Labute approximate surface area is 102 Å². The molecule has 1 N–H and O–H groups in total. The minimum atomic E-state index is 0.397. The van der Waals surface area contributed by atoms with Gasteiger partial charge in [0, 0.05) is 38.1 Å². The molecule has 0 fully saturated rings. The average molecular weight is 230 g/mol. The molecular weight excluding hydrogens is 212 g/mol. The molecule has 0 saturated carbocycles. The lowest BCUT2D eigenvalue weighted by atomic mass is 10.0. The first-order valence-electron chi connectivity index (χ1n) is 5.82. The van der Waals surface area contributed by atoms with E-state index in [1.165, 1.54) is 5.56 Å². The maximum atomic E-state index is 4.40. The quantitative estimate of drug-likeness (QED) is 0.839. The topological polar surface area (TPSA) is 42.7 Å². The van der Waals surface area contributed by atoms with E-state index in [1.54, 1.807) is 6.20 Å². The molecular formula is C13H18N4. The van der Waals surface area contributed by atoms with Crippen molar-refractivity contribution in [1.82, 2.24) is 20.1 Å². The minimum absolute atomic E-state index is 0.397. The number of aromatic nitrogens is 3. The Kier molecular flexibility index (Phi) is 3.88. The highest BCUT2D eigenvalue weighted by molar-refractivity contribution is 5.12. The summed E-state index contributed by atoms with van der Waals surface area (Å²) < 4.78 is 1.84. The lowest BCUT2D eigenvalue weighted by Gasteiger charge is -2.14. The van der Waals surface area contributed by atoms with Crippen LogP contribution in [-0.2, 0) is 19.9 Å². The Hall–Kier alpha value is -1.68. The summed E-state index contributed by atoms with van der Waals surface area (Å²) in [6.07, 6.45) is 7.61. The van der Waals surface area contributed by atoms with Crippen LogP contribution in [0.25, 0.3) is 0 Å². The number of hydrogen-bond donors (Lipinski definition) is 1. The first kappa shape index (κ1) is 11.8. The fraction of sp³-hybridized carbons (Fsp3) is 0.385. The summed E-state index contributed by atoms with van der Waals surface area (Å²) in [5, 5.41) is 7.73. The molecule has 4 nitrogen and oxygen atoms in total. The number of likely N-dealkylation sites (N-methyl/N-ethyl adjacent to an activating group) is 1. The van der Waals surface area contributed by atoms with Crippen molar-refractivity contribution >= 4 is 0 Å². The lowest BCUT2D eigenvalue weighted by Crippen LogP contribution is -2.30. The average Bonchev–Trinajstić information content (AvgIpc) is 2.75. The molecule has 2 heterocycles. The van der Waals surface area contributed by atoms with Crippen molar-refractivity contribution in [2.45, 2.75) is 18.9 Å². The zero-order chi connectivity index (χ0) is 12.1. The van der Waals surface area contributed by atoms with E-state index in [-0.39, 0.29) is 0 Å². The monoisotopic (exact) mass is 230 g/mol. The third-order valence-electron chi connectivity index (χ3n) is 2.84. The van der Waals surface area contributed by atoms with Gasteiger partial charge in [-0.05, 0) is 31.2 Å². The third-order valence-corrected chi connectivity index (χ3v) is 2.84. The molecule has 90 valence electrons. The molecule has 17 heavy (non-hydrogen) atoms. The smallest absolute Gasteiger partial charge is 0.0640 e. The second-order valence-corrected chi connectivity index (χ2v) is 4.24. The summed E-state index contributed by atoms with van der Waals surface area (Å²) in [7, 11) is 3.93. The maximum Gasteiger partial charge on any atom is 0.0640 e. The first-order chi connectivity index (χ1) is 8.28. The molecule has 1 unspecified atom stereocenters. The molecule has 1 atom stereocenters. The molecule has 0 bridgehead atoms. The molecule has 4 heteroatoms. The van der Waals surface area contributed by atoms with Crippen LogP contribution in [0.15, 0.2) is 36.8 Å². The number of aryl methyl sites for hydroxylation is 1. The third kappa shape index (κ3) is 3.39. The second-order valence-electron chi connectivity index (χ2n) is 4.24. The Morgan fingerprint density at radius 2 is 2.24 bits per heavy atom. The molecule has 2 aromatic heterocycles. The Bertz CT molecular complexity index is 449. The van der Waals surface area contributed by atoms with Crippen molar-refractivity contribution in [2.24, 2.45) is 7.05 Å². The maximum absolute atomic E-state index is 4.40. The molecule has 0 aliphatic carbocycles. The van der Waals surface area contributed by atoms with Gasteiger partial charge in [0.05, 0.1) is 5.69 Å². The van der Waals surface area contributed by atoms with E-state index in [4.69, 9.17) is 0 Å². The van der Waals surface area contributed by atoms with Crippen molar-refractivity contribution in [3.8, 4) is 0 Å². The summed E-state index contributed by atoms with van der Waals surface area (Å²) in [5.74, 6) is 0. The molecule has 0 amide bonds. The summed E-state index contributed by atoms with van der Waals surface area (Å²) in [5.41, 5.74) is 2.37. The van der Waals surface area contributed by atoms with Crippen LogP contribution in [0.2, 0.25) is 0 Å². The predicted octanol–water partition coefficient (Wildman–Crippen LogP) is 1.19. The highest BCUT2D eigenvalue weighted by Gasteiger charge is 2.10. The highest BCUT2D eigenvalue weighted by atomic mass is 15.2. The Morgan fingerprint density at radius 1 is 1.35 bits per heavy atom. The van der Waals surface area contributed by atoms with Gasteiger partial charge in [-0.2, -0.15) is 5.10 Å². The second kappa shape index (κ2) is 5.59. The number of nitrogens with one attached hydrogen (secondary N) is 1. The van der Waals surface area contributed by atoms with E-state index in [1.807, 2.05) is 37.2 Å². The van der Waals surface area contributed by atoms with Crippen LogP contribution in [0.1, 0.15) is 11.3 Å². The SMILES string of the molecule is CNC(Cc1cccnc1)Cc1ccn(C)n1. The predicted molar refractivity (Wildman–Crippen MR) is 67.7 cm³/mol. The van der Waals surface area contributed by atoms with Gasteiger partial charge in [-0.1, -0.05) is 6.07 Å². The van der Waals surface area contributed by atoms with Crippen LogP contribution in [-0.4, -0.2) is 27.9 Å². The van der Waals surface area contributed by atoms with Gasteiger partial charge in [0.1, 0.15) is 0 Å². The van der Waals surface area contributed by atoms with Gasteiger partial charge in [-0.15, -0.1) is 0 Å². The van der Waals surface area contributed by atoms with E-state index < -0.39 is 0 Å². The van der Waals surface area contributed by atoms with Gasteiger partial charge in [0.15, 0.2) is 0 Å². The Balaban J connectivity index is 1.98. The molecule has 0 spiro atoms. The van der Waals surface area contributed by atoms with Crippen LogP contribution in [0, 0.1) is 0 Å². The van der Waals surface area contributed by atoms with Crippen molar-refractivity contribution in [3.05, 3.63) is 48.0 Å². The van der Waals surface area contributed by atoms with E-state index in [9.17, 15) is 0 Å². The van der Waals surface area contributed by atoms with Gasteiger partial charge < -0.3 is 5.32 Å². The van der Waals surface area contributed by atoms with Gasteiger partial charge in [-0.3, -0.25) is 9.67 Å². The van der Waals surface area contributed by atoms with E-state index in [0.717, 1.165) is 18.5 Å². The van der Waals surface area contributed by atoms with Gasteiger partial charge in [0.2, 0.25) is 0 Å². The molecule has 2 aromatic rings. The van der Waals surface area contributed by atoms with Gasteiger partial charge in [0.25, 0.3) is 0 Å². The van der Waals surface area contributed by atoms with Crippen molar-refractivity contribution in [2.75, 3.05) is 7.05 Å². The van der Waals surface area contributed by atoms with Crippen LogP contribution in [0.4, 0.5) is 0 Å². The first-order valence-corrected chi connectivity index (χ1v) is 5.82. The Morgan fingerprint density at radius 3 is 2.82 bits per heavy atom. The van der Waals surface area contributed by atoms with Crippen LogP contribution in [0.5, 0.6) is 0 Å². The van der Waals surface area contributed by atoms with Crippen molar-refractivity contribution in [1.29, 1.82) is 0 Å². The number of hydrogen-bond acceptors (Lipinski definition) is 3. The number of nitrogens with zero attached hydrogens (tertiary/aromatic N) is 3. The summed E-state index contributed by atoms with van der Waals surface area (Å²) in [6, 6.07) is 6.54. The fourth-order valence-corrected chi connectivity index (χ4v) is 1.90. The van der Waals surface area contributed by atoms with Crippen molar-refractivity contribution in [3.63, 3.8) is 0 Å². The van der Waals surface area contributed by atoms with E-state index >= 15 is 0 Å². The molecule has 2 rings (SSSR count). The fourth-order valence-electron chi connectivity index (χ4n) is 1.90. The normalized spacial score (nSPS) is 12.6. The van der Waals surface area contributed by atoms with Crippen LogP contribution in [0.3, 0.4) is 0 Å². The summed E-state index contributed by atoms with van der Waals surface area (Å²) in [6.45, 7) is 0. The molecule has 0 saturated heterocycles. The largest absolute Gasteiger partial charge is 0.316 e. The van der Waals surface area contributed by atoms with Crippen LogP contribution < -0.4 is 5.32 Å². The van der Waals surface area contributed by atoms with Crippen molar-refractivity contribution < 1.29 is 0 Å². The molecule has 0 aliphatic heterocycles. The zero-order valence-corrected chi connectivity index (χ0v) is 10.3. The molecule has 0 aliphatic rings. The molecule has 0 aromatic carbocycles. The van der Waals surface area contributed by atoms with E-state index in [2.05, 4.69) is 27.5 Å². The minimum Gasteiger partial charge on any atom is -0.316 e. The van der Waals surface area contributed by atoms with Crippen LogP contribution >= 0.6 is 0 Å². The highest BCUT2D eigenvalue weighted by Crippen LogP contribution is 2.06. The van der Waals surface area contributed by atoms with Gasteiger partial charge >= 0.3 is 0 Å². The number of rotatable bonds is 5. The summed E-state index contributed by atoms with van der Waals surface area (Å²) in [4.78, 5) is 4.14. The van der Waals surface area contributed by atoms with E-state index in [0.29, 0.717) is 6.04 Å².